The van der Waals surface area contributed by atoms with Gasteiger partial charge in [0.1, 0.15) is 22.3 Å². The summed E-state index contributed by atoms with van der Waals surface area (Å²) in [5.74, 6) is -0.680. The number of nitrogens with one attached hydrogen (secondary N) is 2. The number of halogens is 1. The number of benzene rings is 1. The predicted octanol–water partition coefficient (Wildman–Crippen LogP) is 3.32. The fourth-order valence-electron chi connectivity index (χ4n) is 1.86. The van der Waals surface area contributed by atoms with Crippen LogP contribution >= 0.6 is 23.1 Å². The molecule has 0 saturated carbocycles. The summed E-state index contributed by atoms with van der Waals surface area (Å²) in [6, 6.07) is 8.15. The molecule has 0 saturated heterocycles. The van der Waals surface area contributed by atoms with Crippen molar-refractivity contribution >= 4 is 34.7 Å². The summed E-state index contributed by atoms with van der Waals surface area (Å²) in [6.07, 6.45) is 1.92. The maximum Gasteiger partial charge on any atom is 0.262 e. The van der Waals surface area contributed by atoms with Crippen LogP contribution in [0.3, 0.4) is 0 Å². The summed E-state index contributed by atoms with van der Waals surface area (Å²) in [5, 5.41) is 16.6. The molecule has 0 bridgehead atoms. The van der Waals surface area contributed by atoms with E-state index in [1.165, 1.54) is 35.2 Å². The summed E-state index contributed by atoms with van der Waals surface area (Å²) < 4.78 is 13.4. The van der Waals surface area contributed by atoms with E-state index in [1.807, 2.05) is 23.8 Å². The molecule has 1 heterocycles. The van der Waals surface area contributed by atoms with E-state index < -0.39 is 5.82 Å². The first-order valence-corrected chi connectivity index (χ1v) is 8.60. The average Bonchev–Trinajstić information content (AvgIpc) is 3.00. The molecule has 0 aliphatic rings. The van der Waals surface area contributed by atoms with Crippen LogP contribution < -0.4 is 10.6 Å². The number of nitrogens with zero attached hydrogens (tertiary/aromatic N) is 1. The third-order valence-electron chi connectivity index (χ3n) is 2.91. The number of hydrogen-bond donors (Lipinski definition) is 2. The highest BCUT2D eigenvalue weighted by atomic mass is 32.2. The smallest absolute Gasteiger partial charge is 0.262 e. The molecule has 0 aliphatic heterocycles. The summed E-state index contributed by atoms with van der Waals surface area (Å²) in [7, 11) is 0. The first-order chi connectivity index (χ1) is 10.7. The van der Waals surface area contributed by atoms with Gasteiger partial charge in [-0.25, -0.2) is 4.39 Å². The zero-order valence-electron chi connectivity index (χ0n) is 11.9. The van der Waals surface area contributed by atoms with E-state index in [9.17, 15) is 9.18 Å². The van der Waals surface area contributed by atoms with Gasteiger partial charge in [0.25, 0.3) is 5.91 Å². The van der Waals surface area contributed by atoms with E-state index in [0.717, 1.165) is 4.90 Å². The lowest BCUT2D eigenvalue weighted by atomic mass is 10.2. The van der Waals surface area contributed by atoms with E-state index >= 15 is 0 Å². The number of amides is 1. The molecule has 1 amide bonds. The lowest BCUT2D eigenvalue weighted by Gasteiger charge is -2.09. The molecule has 2 rings (SSSR count). The monoisotopic (exact) mass is 335 g/mol. The van der Waals surface area contributed by atoms with Gasteiger partial charge in [0.05, 0.1) is 5.69 Å². The Bertz CT molecular complexity index is 709. The Morgan fingerprint density at radius 2 is 2.23 bits per heavy atom. The molecule has 0 atom stereocenters. The van der Waals surface area contributed by atoms with Crippen LogP contribution in [0.4, 0.5) is 10.1 Å². The number of anilines is 1. The number of thioether (sulfide) groups is 1. The van der Waals surface area contributed by atoms with Gasteiger partial charge in [0.15, 0.2) is 0 Å². The molecule has 1 aromatic heterocycles. The molecule has 7 heteroatoms. The SMILES string of the molecule is CSc1ccsc1C(=O)NCCNc1cccc(F)c1C#N. The molecule has 2 aromatic rings. The topological polar surface area (TPSA) is 64.9 Å². The Morgan fingerprint density at radius 1 is 1.41 bits per heavy atom. The molecule has 114 valence electrons. The second-order valence-corrected chi connectivity index (χ2v) is 6.04. The zero-order valence-corrected chi connectivity index (χ0v) is 13.5. The molecular formula is C15H14FN3OS2. The summed E-state index contributed by atoms with van der Waals surface area (Å²) in [4.78, 5) is 13.7. The van der Waals surface area contributed by atoms with Crippen molar-refractivity contribution < 1.29 is 9.18 Å². The van der Waals surface area contributed by atoms with Gasteiger partial charge in [0, 0.05) is 18.0 Å². The van der Waals surface area contributed by atoms with Gasteiger partial charge < -0.3 is 10.6 Å². The van der Waals surface area contributed by atoms with Crippen molar-refractivity contribution in [3.63, 3.8) is 0 Å². The number of nitriles is 1. The highest BCUT2D eigenvalue weighted by Gasteiger charge is 2.12. The standard InChI is InChI=1S/C15H14FN3OS2/c1-21-13-5-8-22-14(13)15(20)19-7-6-18-12-4-2-3-11(16)10(12)9-17/h2-5,8,18H,6-7H2,1H3,(H,19,20). The van der Waals surface area contributed by atoms with Crippen LogP contribution in [0.5, 0.6) is 0 Å². The Morgan fingerprint density at radius 3 is 2.95 bits per heavy atom. The van der Waals surface area contributed by atoms with Crippen LogP contribution in [0, 0.1) is 17.1 Å². The first-order valence-electron chi connectivity index (χ1n) is 6.49. The molecule has 4 nitrogen and oxygen atoms in total. The van der Waals surface area contributed by atoms with E-state index in [0.29, 0.717) is 23.7 Å². The van der Waals surface area contributed by atoms with Crippen molar-refractivity contribution in [1.82, 2.24) is 5.32 Å². The molecule has 0 unspecified atom stereocenters. The number of carbonyl (C=O) groups is 1. The van der Waals surface area contributed by atoms with Gasteiger partial charge in [0.2, 0.25) is 0 Å². The molecule has 1 aromatic carbocycles. The summed E-state index contributed by atoms with van der Waals surface area (Å²) in [5.41, 5.74) is 0.412. The quantitative estimate of drug-likeness (QED) is 0.628. The van der Waals surface area contributed by atoms with Gasteiger partial charge in [-0.1, -0.05) is 6.07 Å². The van der Waals surface area contributed by atoms with Crippen molar-refractivity contribution in [1.29, 1.82) is 5.26 Å². The van der Waals surface area contributed by atoms with E-state index in [2.05, 4.69) is 10.6 Å². The van der Waals surface area contributed by atoms with E-state index in [1.54, 1.807) is 6.07 Å². The minimum atomic E-state index is -0.556. The maximum absolute atomic E-state index is 13.4. The number of thiophene rings is 1. The second kappa shape index (κ2) is 7.82. The van der Waals surface area contributed by atoms with Crippen molar-refractivity contribution in [2.75, 3.05) is 24.7 Å². The fraction of sp³-hybridized carbons (Fsp3) is 0.200. The van der Waals surface area contributed by atoms with Gasteiger partial charge in [-0.3, -0.25) is 4.79 Å². The van der Waals surface area contributed by atoms with Crippen molar-refractivity contribution in [3.05, 3.63) is 45.9 Å². The molecule has 2 N–H and O–H groups in total. The Hall–Kier alpha value is -2.04. The normalized spacial score (nSPS) is 10.0. The summed E-state index contributed by atoms with van der Waals surface area (Å²) in [6.45, 7) is 0.787. The third kappa shape index (κ3) is 3.78. The number of hydrogen-bond acceptors (Lipinski definition) is 5. The van der Waals surface area contributed by atoms with Crippen LogP contribution in [-0.4, -0.2) is 25.3 Å². The maximum atomic E-state index is 13.4. The van der Waals surface area contributed by atoms with Crippen molar-refractivity contribution in [3.8, 4) is 6.07 Å². The van der Waals surface area contributed by atoms with Crippen molar-refractivity contribution in [2.24, 2.45) is 0 Å². The Balaban J connectivity index is 1.87. The van der Waals surface area contributed by atoms with Crippen LogP contribution in [0.1, 0.15) is 15.2 Å². The Labute approximate surface area is 136 Å². The molecule has 0 spiro atoms. The molecule has 0 radical (unpaired) electrons. The van der Waals surface area contributed by atoms with Crippen LogP contribution in [0.2, 0.25) is 0 Å². The van der Waals surface area contributed by atoms with Gasteiger partial charge >= 0.3 is 0 Å². The third-order valence-corrected chi connectivity index (χ3v) is 4.73. The van der Waals surface area contributed by atoms with E-state index in [4.69, 9.17) is 5.26 Å². The minimum absolute atomic E-state index is 0.0169. The highest BCUT2D eigenvalue weighted by molar-refractivity contribution is 7.98. The molecule has 22 heavy (non-hydrogen) atoms. The fourth-order valence-corrected chi connectivity index (χ4v) is 3.53. The van der Waals surface area contributed by atoms with Crippen LogP contribution in [0.15, 0.2) is 34.5 Å². The van der Waals surface area contributed by atoms with Crippen LogP contribution in [-0.2, 0) is 0 Å². The highest BCUT2D eigenvalue weighted by Crippen LogP contribution is 2.25. The second-order valence-electron chi connectivity index (χ2n) is 4.27. The summed E-state index contributed by atoms with van der Waals surface area (Å²) >= 11 is 2.93. The lowest BCUT2D eigenvalue weighted by Crippen LogP contribution is -2.28. The lowest BCUT2D eigenvalue weighted by molar-refractivity contribution is 0.0956. The average molecular weight is 335 g/mol. The molecule has 0 aliphatic carbocycles. The number of rotatable bonds is 6. The largest absolute Gasteiger partial charge is 0.382 e. The van der Waals surface area contributed by atoms with Gasteiger partial charge in [-0.2, -0.15) is 5.26 Å². The first kappa shape index (κ1) is 16.3. The van der Waals surface area contributed by atoms with Crippen molar-refractivity contribution in [2.45, 2.75) is 4.90 Å². The van der Waals surface area contributed by atoms with Crippen LogP contribution in [0.25, 0.3) is 0 Å². The number of carbonyl (C=O) groups excluding carboxylic acids is 1. The molecular weight excluding hydrogens is 321 g/mol. The Kier molecular flexibility index (Phi) is 5.81. The van der Waals surface area contributed by atoms with Gasteiger partial charge in [-0.15, -0.1) is 23.1 Å². The van der Waals surface area contributed by atoms with Gasteiger partial charge in [-0.05, 0) is 29.8 Å². The predicted molar refractivity (Wildman–Crippen MR) is 88.0 cm³/mol. The zero-order chi connectivity index (χ0) is 15.9. The molecule has 0 fully saturated rings. The minimum Gasteiger partial charge on any atom is -0.382 e. The van der Waals surface area contributed by atoms with E-state index in [-0.39, 0.29) is 11.5 Å².